The molecule has 0 saturated heterocycles. The highest BCUT2D eigenvalue weighted by atomic mass is 16.5. The maximum absolute atomic E-state index is 11.9. The Bertz CT molecular complexity index is 435. The van der Waals surface area contributed by atoms with Gasteiger partial charge in [-0.05, 0) is 25.3 Å². The SMILES string of the molecule is COC1CCCC1NC(=O)c1ccc(=O)[nH]c1. The van der Waals surface area contributed by atoms with Gasteiger partial charge < -0.3 is 15.0 Å². The van der Waals surface area contributed by atoms with Crippen molar-refractivity contribution in [3.63, 3.8) is 0 Å². The van der Waals surface area contributed by atoms with Crippen LogP contribution in [0.15, 0.2) is 23.1 Å². The number of hydrogen-bond donors (Lipinski definition) is 2. The molecule has 0 radical (unpaired) electrons. The smallest absolute Gasteiger partial charge is 0.253 e. The van der Waals surface area contributed by atoms with Gasteiger partial charge in [0.05, 0.1) is 17.7 Å². The van der Waals surface area contributed by atoms with Gasteiger partial charge in [0.1, 0.15) is 0 Å². The Balaban J connectivity index is 2.01. The topological polar surface area (TPSA) is 71.2 Å². The molecule has 17 heavy (non-hydrogen) atoms. The zero-order valence-electron chi connectivity index (χ0n) is 9.73. The highest BCUT2D eigenvalue weighted by Crippen LogP contribution is 2.21. The lowest BCUT2D eigenvalue weighted by atomic mass is 10.2. The molecule has 2 rings (SSSR count). The highest BCUT2D eigenvalue weighted by molar-refractivity contribution is 5.94. The maximum atomic E-state index is 11.9. The van der Waals surface area contributed by atoms with Crippen molar-refractivity contribution in [1.29, 1.82) is 0 Å². The van der Waals surface area contributed by atoms with Crippen molar-refractivity contribution in [1.82, 2.24) is 10.3 Å². The lowest BCUT2D eigenvalue weighted by molar-refractivity contribution is 0.0722. The zero-order chi connectivity index (χ0) is 12.3. The Morgan fingerprint density at radius 2 is 2.29 bits per heavy atom. The number of pyridine rings is 1. The predicted molar refractivity (Wildman–Crippen MR) is 63.0 cm³/mol. The van der Waals surface area contributed by atoms with Gasteiger partial charge in [0.2, 0.25) is 5.56 Å². The Kier molecular flexibility index (Phi) is 3.58. The number of carbonyl (C=O) groups is 1. The van der Waals surface area contributed by atoms with Crippen LogP contribution < -0.4 is 10.9 Å². The minimum atomic E-state index is -0.211. The van der Waals surface area contributed by atoms with E-state index in [2.05, 4.69) is 10.3 Å². The number of hydrogen-bond acceptors (Lipinski definition) is 3. The van der Waals surface area contributed by atoms with Crippen LogP contribution >= 0.6 is 0 Å². The van der Waals surface area contributed by atoms with Crippen molar-refractivity contribution in [2.75, 3.05) is 7.11 Å². The lowest BCUT2D eigenvalue weighted by Crippen LogP contribution is -2.40. The molecule has 0 aliphatic heterocycles. The summed E-state index contributed by atoms with van der Waals surface area (Å²) in [6.07, 6.45) is 4.51. The summed E-state index contributed by atoms with van der Waals surface area (Å²) in [5, 5.41) is 2.93. The molecular weight excluding hydrogens is 220 g/mol. The van der Waals surface area contributed by atoms with Gasteiger partial charge in [-0.2, -0.15) is 0 Å². The van der Waals surface area contributed by atoms with Crippen molar-refractivity contribution < 1.29 is 9.53 Å². The van der Waals surface area contributed by atoms with Crippen LogP contribution in [0, 0.1) is 0 Å². The van der Waals surface area contributed by atoms with Crippen LogP contribution in [0.25, 0.3) is 0 Å². The fourth-order valence-corrected chi connectivity index (χ4v) is 2.18. The molecule has 2 atom stereocenters. The van der Waals surface area contributed by atoms with Crippen LogP contribution in [-0.2, 0) is 4.74 Å². The molecule has 1 aromatic rings. The number of carbonyl (C=O) groups excluding carboxylic acids is 1. The minimum Gasteiger partial charge on any atom is -0.379 e. The molecule has 2 unspecified atom stereocenters. The number of ether oxygens (including phenoxy) is 1. The second-order valence-electron chi connectivity index (χ2n) is 4.23. The first-order valence-electron chi connectivity index (χ1n) is 5.73. The lowest BCUT2D eigenvalue weighted by Gasteiger charge is -2.19. The van der Waals surface area contributed by atoms with Crippen LogP contribution in [0.5, 0.6) is 0 Å². The van der Waals surface area contributed by atoms with Crippen molar-refractivity contribution >= 4 is 5.91 Å². The fraction of sp³-hybridized carbons (Fsp3) is 0.500. The van der Waals surface area contributed by atoms with E-state index in [-0.39, 0.29) is 23.6 Å². The molecule has 1 saturated carbocycles. The summed E-state index contributed by atoms with van der Waals surface area (Å²) in [5.41, 5.74) is 0.253. The Hall–Kier alpha value is -1.62. The molecule has 5 nitrogen and oxygen atoms in total. The molecule has 1 aromatic heterocycles. The number of amides is 1. The average Bonchev–Trinajstić information content (AvgIpc) is 2.77. The Labute approximate surface area is 99.2 Å². The largest absolute Gasteiger partial charge is 0.379 e. The normalized spacial score (nSPS) is 23.6. The van der Waals surface area contributed by atoms with E-state index in [0.29, 0.717) is 5.56 Å². The summed E-state index contributed by atoms with van der Waals surface area (Å²) in [4.78, 5) is 25.2. The quantitative estimate of drug-likeness (QED) is 0.810. The Morgan fingerprint density at radius 3 is 2.94 bits per heavy atom. The summed E-state index contributed by atoms with van der Waals surface area (Å²) in [5.74, 6) is -0.171. The highest BCUT2D eigenvalue weighted by Gasteiger charge is 2.28. The van der Waals surface area contributed by atoms with E-state index in [0.717, 1.165) is 19.3 Å². The molecule has 0 spiro atoms. The second-order valence-corrected chi connectivity index (χ2v) is 4.23. The molecule has 5 heteroatoms. The van der Waals surface area contributed by atoms with E-state index in [1.54, 1.807) is 7.11 Å². The summed E-state index contributed by atoms with van der Waals surface area (Å²) < 4.78 is 5.31. The van der Waals surface area contributed by atoms with E-state index in [4.69, 9.17) is 4.74 Å². The van der Waals surface area contributed by atoms with Crippen molar-refractivity contribution in [3.8, 4) is 0 Å². The number of H-pyrrole nitrogens is 1. The molecule has 0 aromatic carbocycles. The van der Waals surface area contributed by atoms with Crippen LogP contribution in [0.3, 0.4) is 0 Å². The van der Waals surface area contributed by atoms with Gasteiger partial charge in [-0.25, -0.2) is 0 Å². The first-order valence-corrected chi connectivity index (χ1v) is 5.73. The van der Waals surface area contributed by atoms with E-state index in [1.165, 1.54) is 18.3 Å². The average molecular weight is 236 g/mol. The standard InChI is InChI=1S/C12H16N2O3/c1-17-10-4-2-3-9(10)14-12(16)8-5-6-11(15)13-7-8/h5-7,9-10H,2-4H2,1H3,(H,13,15)(H,14,16). The number of rotatable bonds is 3. The van der Waals surface area contributed by atoms with Gasteiger partial charge in [-0.15, -0.1) is 0 Å². The third kappa shape index (κ3) is 2.74. The fourth-order valence-electron chi connectivity index (χ4n) is 2.18. The van der Waals surface area contributed by atoms with Gasteiger partial charge >= 0.3 is 0 Å². The number of aromatic amines is 1. The zero-order valence-corrected chi connectivity index (χ0v) is 9.73. The van der Waals surface area contributed by atoms with Crippen molar-refractivity contribution in [2.24, 2.45) is 0 Å². The second kappa shape index (κ2) is 5.14. The number of nitrogens with one attached hydrogen (secondary N) is 2. The molecule has 92 valence electrons. The summed E-state index contributed by atoms with van der Waals surface area (Å²) in [6, 6.07) is 2.93. The van der Waals surface area contributed by atoms with Crippen molar-refractivity contribution in [3.05, 3.63) is 34.2 Å². The predicted octanol–water partition coefficient (Wildman–Crippen LogP) is 0.672. The molecule has 1 aliphatic rings. The van der Waals surface area contributed by atoms with Crippen LogP contribution in [0.4, 0.5) is 0 Å². The van der Waals surface area contributed by atoms with E-state index in [1.807, 2.05) is 0 Å². The van der Waals surface area contributed by atoms with Crippen LogP contribution in [0.2, 0.25) is 0 Å². The third-order valence-corrected chi connectivity index (χ3v) is 3.12. The Morgan fingerprint density at radius 1 is 1.47 bits per heavy atom. The van der Waals surface area contributed by atoms with Gasteiger partial charge in [0, 0.05) is 19.4 Å². The molecule has 1 fully saturated rings. The molecule has 1 heterocycles. The first kappa shape index (κ1) is 11.9. The van der Waals surface area contributed by atoms with Crippen molar-refractivity contribution in [2.45, 2.75) is 31.4 Å². The minimum absolute atomic E-state index is 0.0689. The molecule has 0 bridgehead atoms. The maximum Gasteiger partial charge on any atom is 0.253 e. The summed E-state index contributed by atoms with van der Waals surface area (Å²) in [7, 11) is 1.66. The molecule has 2 N–H and O–H groups in total. The number of methoxy groups -OCH3 is 1. The van der Waals surface area contributed by atoms with Gasteiger partial charge in [-0.1, -0.05) is 0 Å². The van der Waals surface area contributed by atoms with E-state index >= 15 is 0 Å². The molecule has 1 aliphatic carbocycles. The van der Waals surface area contributed by atoms with Crippen LogP contribution in [-0.4, -0.2) is 30.1 Å². The summed E-state index contributed by atoms with van der Waals surface area (Å²) >= 11 is 0. The first-order chi connectivity index (χ1) is 8.20. The van der Waals surface area contributed by atoms with E-state index in [9.17, 15) is 9.59 Å². The van der Waals surface area contributed by atoms with Gasteiger partial charge in [-0.3, -0.25) is 9.59 Å². The monoisotopic (exact) mass is 236 g/mol. The van der Waals surface area contributed by atoms with E-state index < -0.39 is 0 Å². The third-order valence-electron chi connectivity index (χ3n) is 3.12. The van der Waals surface area contributed by atoms with Gasteiger partial charge in [0.15, 0.2) is 0 Å². The summed E-state index contributed by atoms with van der Waals surface area (Å²) in [6.45, 7) is 0. The van der Waals surface area contributed by atoms with Gasteiger partial charge in [0.25, 0.3) is 5.91 Å². The molecular formula is C12H16N2O3. The van der Waals surface area contributed by atoms with Crippen LogP contribution in [0.1, 0.15) is 29.6 Å². The number of aromatic nitrogens is 1. The molecule has 1 amide bonds.